The number of rotatable bonds is 5. The number of benzene rings is 1. The number of nitrogens with one attached hydrogen (secondary N) is 1. The predicted octanol–water partition coefficient (Wildman–Crippen LogP) is 5.40. The maximum Gasteiger partial charge on any atom is 0.0603 e. The summed E-state index contributed by atoms with van der Waals surface area (Å²) in [5.41, 5.74) is 0. The second-order valence-corrected chi connectivity index (χ2v) is 7.20. The second kappa shape index (κ2) is 7.78. The SMILES string of the molecule is CCCNC1CCCCC1Sc1ccc(Cl)c(Cl)c1. The zero-order valence-corrected chi connectivity index (χ0v) is 13.6. The van der Waals surface area contributed by atoms with Gasteiger partial charge in [-0.25, -0.2) is 0 Å². The van der Waals surface area contributed by atoms with Crippen LogP contribution in [0.3, 0.4) is 0 Å². The lowest BCUT2D eigenvalue weighted by Gasteiger charge is -2.32. The maximum absolute atomic E-state index is 6.09. The van der Waals surface area contributed by atoms with Crippen molar-refractivity contribution in [2.75, 3.05) is 6.54 Å². The van der Waals surface area contributed by atoms with Crippen molar-refractivity contribution in [1.29, 1.82) is 0 Å². The van der Waals surface area contributed by atoms with Gasteiger partial charge in [0.05, 0.1) is 10.0 Å². The second-order valence-electron chi connectivity index (χ2n) is 5.08. The third kappa shape index (κ3) is 4.56. The molecule has 1 nitrogen and oxygen atoms in total. The van der Waals surface area contributed by atoms with Gasteiger partial charge in [-0.1, -0.05) is 43.0 Å². The molecule has 1 aliphatic carbocycles. The molecule has 1 fully saturated rings. The molecule has 2 unspecified atom stereocenters. The van der Waals surface area contributed by atoms with Gasteiger partial charge in [-0.05, 0) is 44.0 Å². The van der Waals surface area contributed by atoms with Crippen LogP contribution in [0.4, 0.5) is 0 Å². The Labute approximate surface area is 130 Å². The van der Waals surface area contributed by atoms with Gasteiger partial charge in [0.1, 0.15) is 0 Å². The first-order valence-electron chi connectivity index (χ1n) is 7.05. The summed E-state index contributed by atoms with van der Waals surface area (Å²) in [6, 6.07) is 6.58. The van der Waals surface area contributed by atoms with Gasteiger partial charge in [0.25, 0.3) is 0 Å². The van der Waals surface area contributed by atoms with E-state index in [1.165, 1.54) is 37.0 Å². The Hall–Kier alpha value is 0.110. The molecule has 0 saturated heterocycles. The van der Waals surface area contributed by atoms with Crippen molar-refractivity contribution in [3.63, 3.8) is 0 Å². The summed E-state index contributed by atoms with van der Waals surface area (Å²) in [4.78, 5) is 1.23. The Bertz CT molecular complexity index is 411. The predicted molar refractivity (Wildman–Crippen MR) is 86.7 cm³/mol. The molecule has 1 aliphatic rings. The molecule has 0 radical (unpaired) electrons. The molecule has 0 bridgehead atoms. The van der Waals surface area contributed by atoms with E-state index in [9.17, 15) is 0 Å². The van der Waals surface area contributed by atoms with Crippen molar-refractivity contribution < 1.29 is 0 Å². The highest BCUT2D eigenvalue weighted by molar-refractivity contribution is 8.00. The fraction of sp³-hybridized carbons (Fsp3) is 0.600. The van der Waals surface area contributed by atoms with Crippen molar-refractivity contribution in [3.05, 3.63) is 28.2 Å². The Morgan fingerprint density at radius 2 is 2.00 bits per heavy atom. The van der Waals surface area contributed by atoms with Gasteiger partial charge >= 0.3 is 0 Å². The van der Waals surface area contributed by atoms with Gasteiger partial charge in [-0.15, -0.1) is 11.8 Å². The van der Waals surface area contributed by atoms with Gasteiger partial charge < -0.3 is 5.32 Å². The van der Waals surface area contributed by atoms with E-state index in [4.69, 9.17) is 23.2 Å². The van der Waals surface area contributed by atoms with Crippen LogP contribution in [0, 0.1) is 0 Å². The lowest BCUT2D eigenvalue weighted by atomic mass is 9.95. The Morgan fingerprint density at radius 3 is 2.74 bits per heavy atom. The topological polar surface area (TPSA) is 12.0 Å². The molecule has 0 heterocycles. The smallest absolute Gasteiger partial charge is 0.0603 e. The molecule has 106 valence electrons. The number of hydrogen-bond donors (Lipinski definition) is 1. The van der Waals surface area contributed by atoms with E-state index in [0.717, 1.165) is 6.54 Å². The summed E-state index contributed by atoms with van der Waals surface area (Å²) in [6.07, 6.45) is 6.45. The lowest BCUT2D eigenvalue weighted by molar-refractivity contribution is 0.384. The highest BCUT2D eigenvalue weighted by Crippen LogP contribution is 2.36. The molecular weight excluding hydrogens is 297 g/mol. The molecule has 1 saturated carbocycles. The highest BCUT2D eigenvalue weighted by Gasteiger charge is 2.25. The molecule has 19 heavy (non-hydrogen) atoms. The lowest BCUT2D eigenvalue weighted by Crippen LogP contribution is -2.40. The van der Waals surface area contributed by atoms with E-state index in [0.29, 0.717) is 21.3 Å². The van der Waals surface area contributed by atoms with Crippen LogP contribution in [0.1, 0.15) is 39.0 Å². The Morgan fingerprint density at radius 1 is 1.21 bits per heavy atom. The van der Waals surface area contributed by atoms with Crippen molar-refractivity contribution in [3.8, 4) is 0 Å². The van der Waals surface area contributed by atoms with E-state index in [2.05, 4.69) is 18.3 Å². The summed E-state index contributed by atoms with van der Waals surface area (Å²) in [5.74, 6) is 0. The van der Waals surface area contributed by atoms with Gasteiger partial charge in [-0.2, -0.15) is 0 Å². The van der Waals surface area contributed by atoms with Crippen LogP contribution >= 0.6 is 35.0 Å². The summed E-state index contributed by atoms with van der Waals surface area (Å²) >= 11 is 14.0. The Kier molecular flexibility index (Phi) is 6.34. The summed E-state index contributed by atoms with van der Waals surface area (Å²) in [6.45, 7) is 3.33. The van der Waals surface area contributed by atoms with Crippen molar-refractivity contribution >= 4 is 35.0 Å². The van der Waals surface area contributed by atoms with Gasteiger partial charge in [0.15, 0.2) is 0 Å². The van der Waals surface area contributed by atoms with E-state index in [-0.39, 0.29) is 0 Å². The van der Waals surface area contributed by atoms with E-state index >= 15 is 0 Å². The highest BCUT2D eigenvalue weighted by atomic mass is 35.5. The molecule has 1 aromatic rings. The molecule has 0 spiro atoms. The van der Waals surface area contributed by atoms with Gasteiger partial charge in [0, 0.05) is 16.2 Å². The monoisotopic (exact) mass is 317 g/mol. The standard InChI is InChI=1S/C15H21Cl2NS/c1-2-9-18-14-5-3-4-6-15(14)19-11-7-8-12(16)13(17)10-11/h7-8,10,14-15,18H,2-6,9H2,1H3. The molecular formula is C15H21Cl2NS. The molecule has 1 aromatic carbocycles. The molecule has 2 atom stereocenters. The first kappa shape index (κ1) is 15.5. The number of thioether (sulfide) groups is 1. The zero-order chi connectivity index (χ0) is 13.7. The zero-order valence-electron chi connectivity index (χ0n) is 11.3. The van der Waals surface area contributed by atoms with Crippen molar-refractivity contribution in [1.82, 2.24) is 5.32 Å². The van der Waals surface area contributed by atoms with Crippen LogP contribution in [-0.2, 0) is 0 Å². The summed E-state index contributed by atoms with van der Waals surface area (Å²) < 4.78 is 0. The van der Waals surface area contributed by atoms with Gasteiger partial charge in [0.2, 0.25) is 0 Å². The van der Waals surface area contributed by atoms with Crippen LogP contribution in [0.25, 0.3) is 0 Å². The third-order valence-corrected chi connectivity index (χ3v) is 5.67. The minimum atomic E-state index is 0.633. The summed E-state index contributed by atoms with van der Waals surface area (Å²) in [7, 11) is 0. The Balaban J connectivity index is 1.99. The van der Waals surface area contributed by atoms with Crippen LogP contribution < -0.4 is 5.32 Å². The largest absolute Gasteiger partial charge is 0.313 e. The van der Waals surface area contributed by atoms with E-state index in [1.54, 1.807) is 0 Å². The molecule has 0 aromatic heterocycles. The first-order valence-corrected chi connectivity index (χ1v) is 8.69. The fourth-order valence-electron chi connectivity index (χ4n) is 2.53. The van der Waals surface area contributed by atoms with Crippen LogP contribution in [0.5, 0.6) is 0 Å². The quantitative estimate of drug-likeness (QED) is 0.780. The van der Waals surface area contributed by atoms with Crippen molar-refractivity contribution in [2.24, 2.45) is 0 Å². The molecule has 4 heteroatoms. The molecule has 2 rings (SSSR count). The van der Waals surface area contributed by atoms with Crippen LogP contribution in [0.2, 0.25) is 10.0 Å². The molecule has 0 amide bonds. The van der Waals surface area contributed by atoms with E-state index < -0.39 is 0 Å². The minimum Gasteiger partial charge on any atom is -0.313 e. The summed E-state index contributed by atoms with van der Waals surface area (Å²) in [5, 5.41) is 5.63. The van der Waals surface area contributed by atoms with E-state index in [1.807, 2.05) is 23.9 Å². The van der Waals surface area contributed by atoms with Gasteiger partial charge in [-0.3, -0.25) is 0 Å². The minimum absolute atomic E-state index is 0.633. The first-order chi connectivity index (χ1) is 9.20. The molecule has 1 N–H and O–H groups in total. The fourth-order valence-corrected chi connectivity index (χ4v) is 4.25. The number of halogens is 2. The third-order valence-electron chi connectivity index (χ3n) is 3.54. The van der Waals surface area contributed by atoms with Crippen LogP contribution in [0.15, 0.2) is 23.1 Å². The average Bonchev–Trinajstić information content (AvgIpc) is 2.42. The van der Waals surface area contributed by atoms with Crippen molar-refractivity contribution in [2.45, 2.75) is 55.2 Å². The normalized spacial score (nSPS) is 23.5. The number of hydrogen-bond acceptors (Lipinski definition) is 2. The van der Waals surface area contributed by atoms with Crippen LogP contribution in [-0.4, -0.2) is 17.8 Å². The average molecular weight is 318 g/mol. The maximum atomic E-state index is 6.09. The molecule has 0 aliphatic heterocycles.